The topological polar surface area (TPSA) is 84.2 Å². The molecule has 0 saturated carbocycles. The van der Waals surface area contributed by atoms with Gasteiger partial charge < -0.3 is 5.11 Å². The third-order valence-electron chi connectivity index (χ3n) is 2.58. The van der Waals surface area contributed by atoms with E-state index in [0.29, 0.717) is 11.3 Å². The van der Waals surface area contributed by atoms with E-state index in [1.165, 1.54) is 17.4 Å². The van der Waals surface area contributed by atoms with Gasteiger partial charge in [0.25, 0.3) is 0 Å². The van der Waals surface area contributed by atoms with Crippen LogP contribution in [0.2, 0.25) is 0 Å². The molecule has 6 nitrogen and oxygen atoms in total. The van der Waals surface area contributed by atoms with Gasteiger partial charge in [-0.25, -0.2) is 13.1 Å². The second-order valence-corrected chi connectivity index (χ2v) is 6.73. The molecule has 0 atom stereocenters. The predicted molar refractivity (Wildman–Crippen MR) is 72.3 cm³/mol. The molecule has 19 heavy (non-hydrogen) atoms. The van der Waals surface area contributed by atoms with Gasteiger partial charge in [0, 0.05) is 31.1 Å². The van der Waals surface area contributed by atoms with Gasteiger partial charge in [0.1, 0.15) is 0 Å². The molecule has 8 heteroatoms. The van der Waals surface area contributed by atoms with Crippen LogP contribution in [-0.4, -0.2) is 29.8 Å². The van der Waals surface area contributed by atoms with Gasteiger partial charge in [-0.3, -0.25) is 4.68 Å². The van der Waals surface area contributed by atoms with Crippen LogP contribution in [0.1, 0.15) is 10.6 Å². The van der Waals surface area contributed by atoms with Crippen LogP contribution in [0.15, 0.2) is 28.6 Å². The Morgan fingerprint density at radius 1 is 1.47 bits per heavy atom. The van der Waals surface area contributed by atoms with E-state index in [4.69, 9.17) is 5.11 Å². The van der Waals surface area contributed by atoms with E-state index in [2.05, 4.69) is 9.82 Å². The molecular weight excluding hydrogens is 286 g/mol. The summed E-state index contributed by atoms with van der Waals surface area (Å²) in [5.41, 5.74) is 0.831. The lowest BCUT2D eigenvalue weighted by molar-refractivity contribution is 0.282. The molecule has 2 N–H and O–H groups in total. The Balaban J connectivity index is 1.98. The summed E-state index contributed by atoms with van der Waals surface area (Å²) in [6.07, 6.45) is 2.34. The summed E-state index contributed by atoms with van der Waals surface area (Å²) in [5, 5.41) is 14.9. The monoisotopic (exact) mass is 301 g/mol. The van der Waals surface area contributed by atoms with Crippen LogP contribution in [0.25, 0.3) is 0 Å². The molecule has 0 fully saturated rings. The molecule has 0 bridgehead atoms. The van der Waals surface area contributed by atoms with Crippen molar-refractivity contribution in [1.29, 1.82) is 0 Å². The minimum Gasteiger partial charge on any atom is -0.391 e. The van der Waals surface area contributed by atoms with Gasteiger partial charge in [-0.2, -0.15) is 5.10 Å². The molecular formula is C11H15N3O3S2. The van der Waals surface area contributed by atoms with Crippen LogP contribution in [0, 0.1) is 0 Å². The smallest absolute Gasteiger partial charge is 0.241 e. The molecule has 0 saturated heterocycles. The lowest BCUT2D eigenvalue weighted by atomic mass is 10.3. The van der Waals surface area contributed by atoms with Crippen LogP contribution >= 0.6 is 11.3 Å². The van der Waals surface area contributed by atoms with E-state index in [9.17, 15) is 8.42 Å². The van der Waals surface area contributed by atoms with Gasteiger partial charge in [0.05, 0.1) is 17.2 Å². The Morgan fingerprint density at radius 3 is 2.89 bits per heavy atom. The molecule has 104 valence electrons. The SMILES string of the molecule is Cn1ccc(CCNS(=O)(=O)c2ccsc2CO)n1. The van der Waals surface area contributed by atoms with E-state index < -0.39 is 10.0 Å². The number of aromatic nitrogens is 2. The van der Waals surface area contributed by atoms with Crippen molar-refractivity contribution in [2.24, 2.45) is 7.05 Å². The number of nitrogens with one attached hydrogen (secondary N) is 1. The van der Waals surface area contributed by atoms with Crippen molar-refractivity contribution in [1.82, 2.24) is 14.5 Å². The van der Waals surface area contributed by atoms with Crippen molar-refractivity contribution >= 4 is 21.4 Å². The molecule has 0 amide bonds. The fourth-order valence-corrected chi connectivity index (χ4v) is 4.00. The number of hydrogen-bond acceptors (Lipinski definition) is 5. The Morgan fingerprint density at radius 2 is 2.26 bits per heavy atom. The zero-order valence-corrected chi connectivity index (χ0v) is 12.0. The first kappa shape index (κ1) is 14.2. The van der Waals surface area contributed by atoms with E-state index in [-0.39, 0.29) is 18.0 Å². The van der Waals surface area contributed by atoms with Gasteiger partial charge in [0.2, 0.25) is 10.0 Å². The van der Waals surface area contributed by atoms with E-state index in [1.807, 2.05) is 19.3 Å². The summed E-state index contributed by atoms with van der Waals surface area (Å²) < 4.78 is 28.2. The third-order valence-corrected chi connectivity index (χ3v) is 5.16. The fraction of sp³-hybridized carbons (Fsp3) is 0.364. The van der Waals surface area contributed by atoms with Crippen molar-refractivity contribution < 1.29 is 13.5 Å². The molecule has 2 aromatic heterocycles. The number of sulfonamides is 1. The van der Waals surface area contributed by atoms with Gasteiger partial charge in [0.15, 0.2) is 0 Å². The highest BCUT2D eigenvalue weighted by Gasteiger charge is 2.18. The lowest BCUT2D eigenvalue weighted by Crippen LogP contribution is -2.26. The number of rotatable bonds is 6. The summed E-state index contributed by atoms with van der Waals surface area (Å²) in [7, 11) is -1.75. The molecule has 0 aliphatic carbocycles. The molecule has 0 aromatic carbocycles. The lowest BCUT2D eigenvalue weighted by Gasteiger charge is -2.05. The highest BCUT2D eigenvalue weighted by atomic mass is 32.2. The number of aliphatic hydroxyl groups excluding tert-OH is 1. The first-order valence-corrected chi connectivity index (χ1v) is 8.04. The van der Waals surface area contributed by atoms with Gasteiger partial charge in [-0.05, 0) is 17.5 Å². The van der Waals surface area contributed by atoms with E-state index in [1.54, 1.807) is 10.1 Å². The predicted octanol–water partition coefficient (Wildman–Crippen LogP) is 0.495. The first-order chi connectivity index (χ1) is 9.03. The number of nitrogens with zero attached hydrogens (tertiary/aromatic N) is 2. The summed E-state index contributed by atoms with van der Waals surface area (Å²) in [6, 6.07) is 3.34. The maximum atomic E-state index is 12.0. The molecule has 2 rings (SSSR count). The van der Waals surface area contributed by atoms with E-state index >= 15 is 0 Å². The highest BCUT2D eigenvalue weighted by molar-refractivity contribution is 7.89. The summed E-state index contributed by atoms with van der Waals surface area (Å²) in [6.45, 7) is 0.00815. The minimum absolute atomic E-state index is 0.154. The third kappa shape index (κ3) is 3.41. The van der Waals surface area contributed by atoms with Crippen LogP contribution in [0.5, 0.6) is 0 Å². The Kier molecular flexibility index (Phi) is 4.35. The van der Waals surface area contributed by atoms with Crippen molar-refractivity contribution in [3.8, 4) is 0 Å². The molecule has 2 aromatic rings. The fourth-order valence-electron chi connectivity index (χ4n) is 1.67. The van der Waals surface area contributed by atoms with Crippen LogP contribution in [0.4, 0.5) is 0 Å². The van der Waals surface area contributed by atoms with Crippen molar-refractivity contribution in [3.05, 3.63) is 34.3 Å². The Labute approximate surface area is 115 Å². The van der Waals surface area contributed by atoms with Crippen LogP contribution in [-0.2, 0) is 30.1 Å². The molecule has 0 aliphatic rings. The molecule has 0 spiro atoms. The zero-order valence-electron chi connectivity index (χ0n) is 10.4. The van der Waals surface area contributed by atoms with Crippen LogP contribution in [0.3, 0.4) is 0 Å². The molecule has 0 radical (unpaired) electrons. The zero-order chi connectivity index (χ0) is 13.9. The average Bonchev–Trinajstić information content (AvgIpc) is 2.97. The Hall–Kier alpha value is -1.22. The molecule has 2 heterocycles. The standard InChI is InChI=1S/C11H15N3O3S2/c1-14-6-3-9(13-14)2-5-12-19(16,17)11-4-7-18-10(11)8-15/h3-4,6-7,12,15H,2,5,8H2,1H3. The largest absolute Gasteiger partial charge is 0.391 e. The number of aliphatic hydroxyl groups is 1. The second kappa shape index (κ2) is 5.83. The van der Waals surface area contributed by atoms with Gasteiger partial charge >= 0.3 is 0 Å². The first-order valence-electron chi connectivity index (χ1n) is 5.68. The normalized spacial score (nSPS) is 11.9. The summed E-state index contributed by atoms with van der Waals surface area (Å²) >= 11 is 1.22. The number of hydrogen-bond donors (Lipinski definition) is 2. The molecule has 0 unspecified atom stereocenters. The second-order valence-electron chi connectivity index (χ2n) is 3.99. The number of thiophene rings is 1. The minimum atomic E-state index is -3.56. The maximum absolute atomic E-state index is 12.0. The summed E-state index contributed by atoms with van der Waals surface area (Å²) in [5.74, 6) is 0. The average molecular weight is 301 g/mol. The van der Waals surface area contributed by atoms with Crippen LogP contribution < -0.4 is 4.72 Å². The van der Waals surface area contributed by atoms with Crippen molar-refractivity contribution in [2.75, 3.05) is 6.54 Å². The Bertz CT molecular complexity index is 646. The highest BCUT2D eigenvalue weighted by Crippen LogP contribution is 2.21. The van der Waals surface area contributed by atoms with Gasteiger partial charge in [-0.1, -0.05) is 0 Å². The van der Waals surface area contributed by atoms with Crippen molar-refractivity contribution in [3.63, 3.8) is 0 Å². The van der Waals surface area contributed by atoms with E-state index in [0.717, 1.165) is 5.69 Å². The molecule has 0 aliphatic heterocycles. The number of aryl methyl sites for hydroxylation is 1. The maximum Gasteiger partial charge on any atom is 0.241 e. The quantitative estimate of drug-likeness (QED) is 0.813. The summed E-state index contributed by atoms with van der Waals surface area (Å²) in [4.78, 5) is 0.603. The van der Waals surface area contributed by atoms with Gasteiger partial charge in [-0.15, -0.1) is 11.3 Å². The van der Waals surface area contributed by atoms with Crippen molar-refractivity contribution in [2.45, 2.75) is 17.9 Å².